The first-order valence-corrected chi connectivity index (χ1v) is 6.09. The standard InChI is InChI=1S/C13H18N4O2/c1-17(13-16-15-12(19-13)7-8-14)9-10-3-5-11(18-2)6-4-10/h3-6H,7-9,14H2,1-2H3. The van der Waals surface area contributed by atoms with Crippen LogP contribution in [-0.4, -0.2) is 30.9 Å². The minimum atomic E-state index is 0.499. The summed E-state index contributed by atoms with van der Waals surface area (Å²) in [6, 6.07) is 8.37. The maximum Gasteiger partial charge on any atom is 0.318 e. The van der Waals surface area contributed by atoms with Gasteiger partial charge in [-0.1, -0.05) is 17.2 Å². The molecule has 2 aromatic rings. The fourth-order valence-corrected chi connectivity index (χ4v) is 1.70. The molecule has 0 unspecified atom stereocenters. The molecule has 2 rings (SSSR count). The van der Waals surface area contributed by atoms with Crippen LogP contribution in [-0.2, 0) is 13.0 Å². The van der Waals surface area contributed by atoms with Gasteiger partial charge in [0.1, 0.15) is 5.75 Å². The highest BCUT2D eigenvalue weighted by Gasteiger charge is 2.10. The Bertz CT molecular complexity index is 510. The number of hydrogen-bond acceptors (Lipinski definition) is 6. The fourth-order valence-electron chi connectivity index (χ4n) is 1.70. The molecule has 0 amide bonds. The predicted molar refractivity (Wildman–Crippen MR) is 72.2 cm³/mol. The molecule has 1 aromatic heterocycles. The largest absolute Gasteiger partial charge is 0.497 e. The average molecular weight is 262 g/mol. The summed E-state index contributed by atoms with van der Waals surface area (Å²) in [4.78, 5) is 1.90. The SMILES string of the molecule is COc1ccc(CN(C)c2nnc(CCN)o2)cc1. The molecule has 0 saturated heterocycles. The molecule has 1 heterocycles. The van der Waals surface area contributed by atoms with E-state index in [0.29, 0.717) is 31.4 Å². The van der Waals surface area contributed by atoms with Crippen molar-refractivity contribution in [3.8, 4) is 5.75 Å². The molecule has 6 heteroatoms. The molecule has 0 spiro atoms. The van der Waals surface area contributed by atoms with Gasteiger partial charge in [0.15, 0.2) is 0 Å². The molecule has 0 radical (unpaired) electrons. The Kier molecular flexibility index (Phi) is 4.35. The number of aromatic nitrogens is 2. The van der Waals surface area contributed by atoms with Crippen molar-refractivity contribution >= 4 is 6.01 Å². The van der Waals surface area contributed by atoms with E-state index in [-0.39, 0.29) is 0 Å². The normalized spacial score (nSPS) is 10.5. The Morgan fingerprint density at radius 2 is 2.00 bits per heavy atom. The zero-order valence-corrected chi connectivity index (χ0v) is 11.2. The van der Waals surface area contributed by atoms with Gasteiger partial charge in [0, 0.05) is 26.6 Å². The highest BCUT2D eigenvalue weighted by molar-refractivity contribution is 5.31. The second-order valence-electron chi connectivity index (χ2n) is 4.22. The van der Waals surface area contributed by atoms with Gasteiger partial charge >= 0.3 is 6.01 Å². The van der Waals surface area contributed by atoms with Gasteiger partial charge in [0.2, 0.25) is 5.89 Å². The van der Waals surface area contributed by atoms with Crippen molar-refractivity contribution in [2.45, 2.75) is 13.0 Å². The molecular weight excluding hydrogens is 244 g/mol. The van der Waals surface area contributed by atoms with Gasteiger partial charge in [-0.15, -0.1) is 5.10 Å². The molecule has 19 heavy (non-hydrogen) atoms. The van der Waals surface area contributed by atoms with Gasteiger partial charge in [-0.25, -0.2) is 0 Å². The Labute approximate surface area is 112 Å². The highest BCUT2D eigenvalue weighted by Crippen LogP contribution is 2.16. The molecular formula is C13H18N4O2. The maximum atomic E-state index is 5.50. The van der Waals surface area contributed by atoms with Crippen LogP contribution < -0.4 is 15.4 Å². The monoisotopic (exact) mass is 262 g/mol. The van der Waals surface area contributed by atoms with Gasteiger partial charge in [-0.3, -0.25) is 0 Å². The number of nitrogens with two attached hydrogens (primary N) is 1. The quantitative estimate of drug-likeness (QED) is 0.843. The summed E-state index contributed by atoms with van der Waals surface area (Å²) in [5.41, 5.74) is 6.58. The second-order valence-corrected chi connectivity index (χ2v) is 4.22. The fraction of sp³-hybridized carbons (Fsp3) is 0.385. The average Bonchev–Trinajstić information content (AvgIpc) is 2.89. The maximum absolute atomic E-state index is 5.50. The molecule has 6 nitrogen and oxygen atoms in total. The lowest BCUT2D eigenvalue weighted by Gasteiger charge is -2.13. The van der Waals surface area contributed by atoms with Crippen LogP contribution in [0, 0.1) is 0 Å². The first-order chi connectivity index (χ1) is 9.22. The number of rotatable bonds is 6. The summed E-state index contributed by atoms with van der Waals surface area (Å²) in [5, 5.41) is 7.93. The molecule has 0 saturated carbocycles. The van der Waals surface area contributed by atoms with E-state index in [1.807, 2.05) is 36.2 Å². The van der Waals surface area contributed by atoms with Crippen LogP contribution >= 0.6 is 0 Å². The smallest absolute Gasteiger partial charge is 0.318 e. The zero-order chi connectivity index (χ0) is 13.7. The summed E-state index contributed by atoms with van der Waals surface area (Å²) in [7, 11) is 3.56. The third-order valence-electron chi connectivity index (χ3n) is 2.72. The van der Waals surface area contributed by atoms with Crippen molar-refractivity contribution in [2.24, 2.45) is 5.73 Å². The molecule has 0 fully saturated rings. The molecule has 1 aromatic carbocycles. The predicted octanol–water partition coefficient (Wildman–Crippen LogP) is 1.22. The Balaban J connectivity index is 2.00. The number of nitrogens with zero attached hydrogens (tertiary/aromatic N) is 3. The van der Waals surface area contributed by atoms with E-state index in [2.05, 4.69) is 10.2 Å². The Morgan fingerprint density at radius 3 is 2.63 bits per heavy atom. The van der Waals surface area contributed by atoms with Crippen LogP contribution in [0.15, 0.2) is 28.7 Å². The summed E-state index contributed by atoms with van der Waals surface area (Å²) >= 11 is 0. The van der Waals surface area contributed by atoms with E-state index >= 15 is 0 Å². The first-order valence-electron chi connectivity index (χ1n) is 6.09. The van der Waals surface area contributed by atoms with Gasteiger partial charge in [-0.2, -0.15) is 0 Å². The minimum Gasteiger partial charge on any atom is -0.497 e. The highest BCUT2D eigenvalue weighted by atomic mass is 16.5. The van der Waals surface area contributed by atoms with Crippen molar-refractivity contribution in [3.05, 3.63) is 35.7 Å². The Hall–Kier alpha value is -2.08. The lowest BCUT2D eigenvalue weighted by Crippen LogP contribution is -2.16. The van der Waals surface area contributed by atoms with Gasteiger partial charge < -0.3 is 19.8 Å². The van der Waals surface area contributed by atoms with E-state index < -0.39 is 0 Å². The van der Waals surface area contributed by atoms with Crippen molar-refractivity contribution in [2.75, 3.05) is 25.6 Å². The lowest BCUT2D eigenvalue weighted by atomic mass is 10.2. The number of hydrogen-bond donors (Lipinski definition) is 1. The van der Waals surface area contributed by atoms with Crippen LogP contribution in [0.25, 0.3) is 0 Å². The molecule has 2 N–H and O–H groups in total. The van der Waals surface area contributed by atoms with E-state index in [9.17, 15) is 0 Å². The van der Waals surface area contributed by atoms with Gasteiger partial charge in [0.25, 0.3) is 0 Å². The number of ether oxygens (including phenoxy) is 1. The second kappa shape index (κ2) is 6.19. The Morgan fingerprint density at radius 1 is 1.26 bits per heavy atom. The van der Waals surface area contributed by atoms with Crippen LogP contribution in [0.5, 0.6) is 5.75 Å². The molecule has 0 bridgehead atoms. The number of benzene rings is 1. The van der Waals surface area contributed by atoms with Gasteiger partial charge in [0.05, 0.1) is 7.11 Å². The van der Waals surface area contributed by atoms with Crippen molar-refractivity contribution in [1.29, 1.82) is 0 Å². The topological polar surface area (TPSA) is 77.4 Å². The van der Waals surface area contributed by atoms with Crippen LogP contribution in [0.2, 0.25) is 0 Å². The van der Waals surface area contributed by atoms with Gasteiger partial charge in [-0.05, 0) is 17.7 Å². The lowest BCUT2D eigenvalue weighted by molar-refractivity contribution is 0.414. The van der Waals surface area contributed by atoms with Crippen molar-refractivity contribution in [3.63, 3.8) is 0 Å². The summed E-state index contributed by atoms with van der Waals surface area (Å²) < 4.78 is 10.6. The first kappa shape index (κ1) is 13.4. The zero-order valence-electron chi connectivity index (χ0n) is 11.2. The van der Waals surface area contributed by atoms with Crippen molar-refractivity contribution in [1.82, 2.24) is 10.2 Å². The van der Waals surface area contributed by atoms with E-state index in [0.717, 1.165) is 11.3 Å². The van der Waals surface area contributed by atoms with E-state index in [4.69, 9.17) is 14.9 Å². The van der Waals surface area contributed by atoms with E-state index in [1.54, 1.807) is 7.11 Å². The molecule has 0 aliphatic heterocycles. The third-order valence-corrected chi connectivity index (χ3v) is 2.72. The molecule has 102 valence electrons. The van der Waals surface area contributed by atoms with Crippen LogP contribution in [0.1, 0.15) is 11.5 Å². The molecule has 0 atom stereocenters. The van der Waals surface area contributed by atoms with E-state index in [1.165, 1.54) is 0 Å². The van der Waals surface area contributed by atoms with Crippen molar-refractivity contribution < 1.29 is 9.15 Å². The number of anilines is 1. The number of methoxy groups -OCH3 is 1. The minimum absolute atomic E-state index is 0.499. The van der Waals surface area contributed by atoms with Crippen LogP contribution in [0.3, 0.4) is 0 Å². The molecule has 0 aliphatic carbocycles. The van der Waals surface area contributed by atoms with Crippen LogP contribution in [0.4, 0.5) is 6.01 Å². The summed E-state index contributed by atoms with van der Waals surface area (Å²) in [6.45, 7) is 1.19. The molecule has 0 aliphatic rings. The third kappa shape index (κ3) is 3.45. The summed E-state index contributed by atoms with van der Waals surface area (Å²) in [6.07, 6.45) is 0.601. The summed E-state index contributed by atoms with van der Waals surface area (Å²) in [5.74, 6) is 1.41.